The molecule has 0 aliphatic rings. The number of hydrogen-bond donors (Lipinski definition) is 2. The van der Waals surface area contributed by atoms with Crippen LogP contribution in [0.3, 0.4) is 0 Å². The van der Waals surface area contributed by atoms with Crippen molar-refractivity contribution in [2.24, 2.45) is 0 Å². The third-order valence-corrected chi connectivity index (χ3v) is 4.63. The molecular weight excluding hydrogens is 333 g/mol. The van der Waals surface area contributed by atoms with E-state index in [0.29, 0.717) is 22.0 Å². The van der Waals surface area contributed by atoms with Crippen molar-refractivity contribution >= 4 is 17.3 Å². The predicted octanol–water partition coefficient (Wildman–Crippen LogP) is 2.89. The van der Waals surface area contributed by atoms with Crippen LogP contribution in [0, 0.1) is 12.7 Å². The molecule has 1 atom stereocenters. The van der Waals surface area contributed by atoms with Crippen molar-refractivity contribution in [3.63, 3.8) is 0 Å². The summed E-state index contributed by atoms with van der Waals surface area (Å²) in [5.74, 6) is -1.37. The van der Waals surface area contributed by atoms with E-state index >= 15 is 0 Å². The van der Waals surface area contributed by atoms with Gasteiger partial charge in [0.25, 0.3) is 0 Å². The van der Waals surface area contributed by atoms with E-state index in [-0.39, 0.29) is 17.2 Å². The molecule has 124 valence electrons. The van der Waals surface area contributed by atoms with Crippen LogP contribution in [0.2, 0.25) is 0 Å². The number of benzene rings is 1. The fourth-order valence-corrected chi connectivity index (χ4v) is 3.12. The van der Waals surface area contributed by atoms with E-state index < -0.39 is 12.1 Å². The van der Waals surface area contributed by atoms with Gasteiger partial charge in [-0.05, 0) is 30.7 Å². The lowest BCUT2D eigenvalue weighted by Crippen LogP contribution is -2.09. The molecule has 8 heteroatoms. The van der Waals surface area contributed by atoms with Gasteiger partial charge in [-0.1, -0.05) is 12.1 Å². The third-order valence-electron chi connectivity index (χ3n) is 3.47. The number of halogens is 1. The molecule has 0 spiro atoms. The Morgan fingerprint density at radius 2 is 2.04 bits per heavy atom. The highest BCUT2D eigenvalue weighted by atomic mass is 32.1. The highest BCUT2D eigenvalue weighted by Crippen LogP contribution is 2.27. The molecule has 0 saturated carbocycles. The molecule has 0 aliphatic carbocycles. The zero-order chi connectivity index (χ0) is 17.3. The zero-order valence-electron chi connectivity index (χ0n) is 12.7. The van der Waals surface area contributed by atoms with E-state index in [1.165, 1.54) is 24.3 Å². The minimum atomic E-state index is -1.01. The molecular formula is C16H14FN3O3S. The van der Waals surface area contributed by atoms with Crippen molar-refractivity contribution in [3.05, 3.63) is 58.5 Å². The van der Waals surface area contributed by atoms with Crippen LogP contribution in [0.15, 0.2) is 36.5 Å². The number of rotatable bonds is 5. The van der Waals surface area contributed by atoms with Gasteiger partial charge in [-0.15, -0.1) is 11.3 Å². The minimum Gasteiger partial charge on any atom is -0.477 e. The molecule has 1 aromatic carbocycles. The molecule has 6 nitrogen and oxygen atoms in total. The Bertz CT molecular complexity index is 873. The monoisotopic (exact) mass is 347 g/mol. The number of aliphatic hydroxyl groups excluding tert-OH is 1. The molecule has 0 saturated heterocycles. The van der Waals surface area contributed by atoms with E-state index in [9.17, 15) is 14.3 Å². The van der Waals surface area contributed by atoms with Gasteiger partial charge in [0.15, 0.2) is 0 Å². The second kappa shape index (κ2) is 6.50. The molecule has 3 rings (SSSR count). The summed E-state index contributed by atoms with van der Waals surface area (Å²) in [6, 6.07) is 7.33. The molecule has 0 amide bonds. The number of thiazole rings is 1. The highest BCUT2D eigenvalue weighted by Gasteiger charge is 2.17. The zero-order valence-corrected chi connectivity index (χ0v) is 13.5. The first-order valence-electron chi connectivity index (χ1n) is 7.12. The standard InChI is InChI=1S/C16H14FN3O3S/c1-9-14(16(22)23)24-15(18-9)12-6-7-20(19-12)8-13(21)10-2-4-11(17)5-3-10/h2-7,13,21H,8H2,1H3,(H,22,23)/t13-/m0/s1. The summed E-state index contributed by atoms with van der Waals surface area (Å²) in [4.78, 5) is 15.5. The average Bonchev–Trinajstić information content (AvgIpc) is 3.14. The van der Waals surface area contributed by atoms with Crippen LogP contribution in [0.1, 0.15) is 27.0 Å². The molecule has 0 aliphatic heterocycles. The maximum absolute atomic E-state index is 12.9. The van der Waals surface area contributed by atoms with E-state index in [0.717, 1.165) is 11.3 Å². The molecule has 0 bridgehead atoms. The number of carboxylic acids is 1. The number of aryl methyl sites for hydroxylation is 1. The lowest BCUT2D eigenvalue weighted by atomic mass is 10.1. The summed E-state index contributed by atoms with van der Waals surface area (Å²) >= 11 is 1.06. The Balaban J connectivity index is 1.77. The van der Waals surface area contributed by atoms with E-state index in [1.807, 2.05) is 0 Å². The van der Waals surface area contributed by atoms with Crippen LogP contribution in [0.4, 0.5) is 4.39 Å². The Morgan fingerprint density at radius 3 is 2.67 bits per heavy atom. The maximum atomic E-state index is 12.9. The second-order valence-corrected chi connectivity index (χ2v) is 6.23. The highest BCUT2D eigenvalue weighted by molar-refractivity contribution is 7.17. The Morgan fingerprint density at radius 1 is 1.33 bits per heavy atom. The summed E-state index contributed by atoms with van der Waals surface area (Å²) in [5.41, 5.74) is 1.58. The summed E-state index contributed by atoms with van der Waals surface area (Å²) < 4.78 is 14.5. The fraction of sp³-hybridized carbons (Fsp3) is 0.188. The van der Waals surface area contributed by atoms with Crippen LogP contribution in [0.5, 0.6) is 0 Å². The number of hydrogen-bond acceptors (Lipinski definition) is 5. The molecule has 0 unspecified atom stereocenters. The largest absolute Gasteiger partial charge is 0.477 e. The van der Waals surface area contributed by atoms with E-state index in [1.54, 1.807) is 23.9 Å². The second-order valence-electron chi connectivity index (χ2n) is 5.23. The van der Waals surface area contributed by atoms with Crippen molar-refractivity contribution in [2.45, 2.75) is 19.6 Å². The van der Waals surface area contributed by atoms with E-state index in [2.05, 4.69) is 10.1 Å². The third kappa shape index (κ3) is 3.34. The van der Waals surface area contributed by atoms with Gasteiger partial charge in [0.2, 0.25) is 0 Å². The predicted molar refractivity (Wildman–Crippen MR) is 86.4 cm³/mol. The summed E-state index contributed by atoms with van der Waals surface area (Å²) in [7, 11) is 0. The molecule has 0 radical (unpaired) electrons. The van der Waals surface area contributed by atoms with Crippen molar-refractivity contribution in [3.8, 4) is 10.7 Å². The molecule has 2 N–H and O–H groups in total. The van der Waals surface area contributed by atoms with Crippen molar-refractivity contribution in [1.82, 2.24) is 14.8 Å². The SMILES string of the molecule is Cc1nc(-c2ccn(C[C@H](O)c3ccc(F)cc3)n2)sc1C(=O)O. The topological polar surface area (TPSA) is 88.2 Å². The Hall–Kier alpha value is -2.58. The van der Waals surface area contributed by atoms with Crippen molar-refractivity contribution in [1.29, 1.82) is 0 Å². The maximum Gasteiger partial charge on any atom is 0.347 e. The number of nitrogens with zero attached hydrogens (tertiary/aromatic N) is 3. The van der Waals surface area contributed by atoms with Crippen LogP contribution in [-0.4, -0.2) is 30.9 Å². The van der Waals surface area contributed by atoms with Crippen LogP contribution >= 0.6 is 11.3 Å². The number of carboxylic acid groups (broad SMARTS) is 1. The van der Waals surface area contributed by atoms with Crippen molar-refractivity contribution in [2.75, 3.05) is 0 Å². The molecule has 0 fully saturated rings. The van der Waals surface area contributed by atoms with Gasteiger partial charge >= 0.3 is 5.97 Å². The van der Waals surface area contributed by atoms with Gasteiger partial charge in [0.1, 0.15) is 21.4 Å². The number of carbonyl (C=O) groups is 1. The molecule has 24 heavy (non-hydrogen) atoms. The normalized spacial score (nSPS) is 12.3. The summed E-state index contributed by atoms with van der Waals surface area (Å²) in [6.45, 7) is 1.83. The van der Waals surface area contributed by atoms with Crippen molar-refractivity contribution < 1.29 is 19.4 Å². The first-order valence-corrected chi connectivity index (χ1v) is 7.94. The fourth-order valence-electron chi connectivity index (χ4n) is 2.25. The van der Waals surface area contributed by atoms with Crippen LogP contribution < -0.4 is 0 Å². The van der Waals surface area contributed by atoms with Gasteiger partial charge in [0, 0.05) is 6.20 Å². The smallest absolute Gasteiger partial charge is 0.347 e. The minimum absolute atomic E-state index is 0.186. The number of aromatic nitrogens is 3. The van der Waals surface area contributed by atoms with E-state index in [4.69, 9.17) is 5.11 Å². The molecule has 2 heterocycles. The first kappa shape index (κ1) is 16.3. The Labute approximate surface area is 140 Å². The quantitative estimate of drug-likeness (QED) is 0.741. The lowest BCUT2D eigenvalue weighted by Gasteiger charge is -2.10. The van der Waals surface area contributed by atoms with Crippen LogP contribution in [0.25, 0.3) is 10.7 Å². The van der Waals surface area contributed by atoms with Gasteiger partial charge < -0.3 is 10.2 Å². The Kier molecular flexibility index (Phi) is 4.41. The average molecular weight is 347 g/mol. The van der Waals surface area contributed by atoms with Crippen LogP contribution in [-0.2, 0) is 6.54 Å². The number of aromatic carboxylic acids is 1. The van der Waals surface area contributed by atoms with Gasteiger partial charge in [-0.2, -0.15) is 5.10 Å². The van der Waals surface area contributed by atoms with Gasteiger partial charge in [-0.3, -0.25) is 4.68 Å². The summed E-state index contributed by atoms with van der Waals surface area (Å²) in [6.07, 6.45) is 0.852. The lowest BCUT2D eigenvalue weighted by molar-refractivity contribution is 0.0701. The molecule has 2 aromatic heterocycles. The number of aliphatic hydroxyl groups is 1. The summed E-state index contributed by atoms with van der Waals surface area (Å²) in [5, 5.41) is 24.1. The van der Waals surface area contributed by atoms with Gasteiger partial charge in [-0.25, -0.2) is 14.2 Å². The molecule has 3 aromatic rings. The first-order chi connectivity index (χ1) is 11.4. The van der Waals surface area contributed by atoms with Gasteiger partial charge in [0.05, 0.1) is 18.3 Å².